The summed E-state index contributed by atoms with van der Waals surface area (Å²) in [4.78, 5) is 2.32. The van der Waals surface area contributed by atoms with Gasteiger partial charge in [0.25, 0.3) is 0 Å². The number of hydrogen-bond donors (Lipinski definition) is 0. The lowest BCUT2D eigenvalue weighted by molar-refractivity contribution is 0.413. The van der Waals surface area contributed by atoms with Crippen LogP contribution in [-0.4, -0.2) is 31.0 Å². The SMILES string of the molecule is COc1ccccc1N1[C@H](CCl)CC[C@@H]1CCl.Cl. The van der Waals surface area contributed by atoms with Gasteiger partial charge in [0.05, 0.1) is 12.8 Å². The van der Waals surface area contributed by atoms with E-state index in [4.69, 9.17) is 27.9 Å². The number of halogens is 3. The molecule has 102 valence electrons. The Kier molecular flexibility index (Phi) is 6.40. The Morgan fingerprint density at radius 2 is 1.72 bits per heavy atom. The second-order valence-corrected chi connectivity index (χ2v) is 4.89. The smallest absolute Gasteiger partial charge is 0.142 e. The van der Waals surface area contributed by atoms with Gasteiger partial charge in [0.2, 0.25) is 0 Å². The zero-order valence-electron chi connectivity index (χ0n) is 10.3. The highest BCUT2D eigenvalue weighted by Crippen LogP contribution is 2.37. The van der Waals surface area contributed by atoms with E-state index in [2.05, 4.69) is 11.0 Å². The van der Waals surface area contributed by atoms with Crippen molar-refractivity contribution < 1.29 is 4.74 Å². The summed E-state index contributed by atoms with van der Waals surface area (Å²) in [5.41, 5.74) is 1.10. The number of anilines is 1. The van der Waals surface area contributed by atoms with Crippen LogP contribution in [0.5, 0.6) is 5.75 Å². The number of alkyl halides is 2. The Hall–Kier alpha value is -0.310. The van der Waals surface area contributed by atoms with Gasteiger partial charge in [-0.2, -0.15) is 0 Å². The summed E-state index contributed by atoms with van der Waals surface area (Å²) in [6.45, 7) is 0. The molecule has 2 rings (SSSR count). The van der Waals surface area contributed by atoms with E-state index in [1.165, 1.54) is 0 Å². The Bertz CT molecular complexity index is 363. The minimum Gasteiger partial charge on any atom is -0.495 e. The summed E-state index contributed by atoms with van der Waals surface area (Å²) in [5, 5.41) is 0. The van der Waals surface area contributed by atoms with Crippen LogP contribution in [0.2, 0.25) is 0 Å². The first-order valence-electron chi connectivity index (χ1n) is 5.85. The highest BCUT2D eigenvalue weighted by Gasteiger charge is 2.33. The van der Waals surface area contributed by atoms with E-state index in [1.54, 1.807) is 7.11 Å². The van der Waals surface area contributed by atoms with Crippen molar-refractivity contribution in [2.75, 3.05) is 23.8 Å². The molecule has 0 amide bonds. The predicted molar refractivity (Wildman–Crippen MR) is 81.0 cm³/mol. The molecule has 0 radical (unpaired) electrons. The van der Waals surface area contributed by atoms with Crippen molar-refractivity contribution in [3.8, 4) is 5.75 Å². The molecule has 0 N–H and O–H groups in total. The quantitative estimate of drug-likeness (QED) is 0.781. The number of ether oxygens (including phenoxy) is 1. The molecular formula is C13H18Cl3NO. The molecule has 1 aromatic rings. The van der Waals surface area contributed by atoms with Gasteiger partial charge in [-0.05, 0) is 25.0 Å². The van der Waals surface area contributed by atoms with Crippen molar-refractivity contribution in [1.82, 2.24) is 0 Å². The number of rotatable bonds is 4. The van der Waals surface area contributed by atoms with Gasteiger partial charge in [0, 0.05) is 23.8 Å². The molecule has 0 bridgehead atoms. The van der Waals surface area contributed by atoms with Crippen LogP contribution in [-0.2, 0) is 0 Å². The van der Waals surface area contributed by atoms with Crippen LogP contribution in [0, 0.1) is 0 Å². The molecule has 1 fully saturated rings. The molecule has 5 heteroatoms. The van der Waals surface area contributed by atoms with Crippen molar-refractivity contribution >= 4 is 41.3 Å². The van der Waals surface area contributed by atoms with Crippen molar-refractivity contribution in [3.63, 3.8) is 0 Å². The second-order valence-electron chi connectivity index (χ2n) is 4.27. The average molecular weight is 311 g/mol. The van der Waals surface area contributed by atoms with Gasteiger partial charge in [-0.15, -0.1) is 35.6 Å². The Labute approximate surface area is 125 Å². The summed E-state index contributed by atoms with van der Waals surface area (Å²) in [6.07, 6.45) is 2.19. The molecule has 0 spiro atoms. The molecule has 0 aliphatic carbocycles. The van der Waals surface area contributed by atoms with E-state index in [0.717, 1.165) is 24.3 Å². The first-order valence-corrected chi connectivity index (χ1v) is 6.92. The molecule has 2 nitrogen and oxygen atoms in total. The fourth-order valence-corrected chi connectivity index (χ4v) is 3.11. The van der Waals surface area contributed by atoms with Gasteiger partial charge in [-0.3, -0.25) is 0 Å². The molecule has 0 unspecified atom stereocenters. The van der Waals surface area contributed by atoms with Crippen molar-refractivity contribution in [1.29, 1.82) is 0 Å². The largest absolute Gasteiger partial charge is 0.495 e. The number of hydrogen-bond acceptors (Lipinski definition) is 2. The van der Waals surface area contributed by atoms with Gasteiger partial charge < -0.3 is 9.64 Å². The molecule has 0 saturated carbocycles. The fourth-order valence-electron chi connectivity index (χ4n) is 2.50. The molecule has 18 heavy (non-hydrogen) atoms. The molecular weight excluding hydrogens is 293 g/mol. The van der Waals surface area contributed by atoms with Gasteiger partial charge >= 0.3 is 0 Å². The van der Waals surface area contributed by atoms with Gasteiger partial charge in [0.1, 0.15) is 5.75 Å². The molecule has 1 aliphatic heterocycles. The maximum absolute atomic E-state index is 6.04. The lowest BCUT2D eigenvalue weighted by Gasteiger charge is -2.31. The minimum atomic E-state index is 0. The van der Waals surface area contributed by atoms with E-state index in [9.17, 15) is 0 Å². The van der Waals surface area contributed by atoms with Crippen LogP contribution in [0.15, 0.2) is 24.3 Å². The third kappa shape index (κ3) is 2.98. The van der Waals surface area contributed by atoms with Gasteiger partial charge in [-0.1, -0.05) is 12.1 Å². The summed E-state index contributed by atoms with van der Waals surface area (Å²) in [7, 11) is 1.69. The van der Waals surface area contributed by atoms with E-state index < -0.39 is 0 Å². The fraction of sp³-hybridized carbons (Fsp3) is 0.538. The van der Waals surface area contributed by atoms with Crippen molar-refractivity contribution in [2.24, 2.45) is 0 Å². The van der Waals surface area contributed by atoms with E-state index in [-0.39, 0.29) is 12.4 Å². The minimum absolute atomic E-state index is 0. The summed E-state index contributed by atoms with van der Waals surface area (Å²) in [5.74, 6) is 2.15. The van der Waals surface area contributed by atoms with Crippen LogP contribution < -0.4 is 9.64 Å². The maximum Gasteiger partial charge on any atom is 0.142 e. The van der Waals surface area contributed by atoms with Crippen LogP contribution in [0.25, 0.3) is 0 Å². The van der Waals surface area contributed by atoms with E-state index in [0.29, 0.717) is 23.8 Å². The van der Waals surface area contributed by atoms with Crippen LogP contribution in [0.3, 0.4) is 0 Å². The number of para-hydroxylation sites is 2. The first-order chi connectivity index (χ1) is 8.31. The molecule has 0 aromatic heterocycles. The van der Waals surface area contributed by atoms with Crippen LogP contribution >= 0.6 is 35.6 Å². The summed E-state index contributed by atoms with van der Waals surface area (Å²) in [6, 6.07) is 8.76. The highest BCUT2D eigenvalue weighted by atomic mass is 35.5. The Morgan fingerprint density at radius 3 is 2.22 bits per heavy atom. The Morgan fingerprint density at radius 1 is 1.17 bits per heavy atom. The second kappa shape index (κ2) is 7.32. The van der Waals surface area contributed by atoms with Gasteiger partial charge in [0.15, 0.2) is 0 Å². The Balaban J connectivity index is 0.00000162. The van der Waals surface area contributed by atoms with Crippen LogP contribution in [0.1, 0.15) is 12.8 Å². The third-order valence-electron chi connectivity index (χ3n) is 3.34. The average Bonchev–Trinajstić information content (AvgIpc) is 2.81. The lowest BCUT2D eigenvalue weighted by Crippen LogP contribution is -2.38. The highest BCUT2D eigenvalue weighted by molar-refractivity contribution is 6.19. The van der Waals surface area contributed by atoms with Crippen LogP contribution in [0.4, 0.5) is 5.69 Å². The molecule has 2 atom stereocenters. The molecule has 1 heterocycles. The monoisotopic (exact) mass is 309 g/mol. The molecule has 1 saturated heterocycles. The van der Waals surface area contributed by atoms with E-state index >= 15 is 0 Å². The maximum atomic E-state index is 6.04. The summed E-state index contributed by atoms with van der Waals surface area (Å²) < 4.78 is 5.42. The van der Waals surface area contributed by atoms with E-state index in [1.807, 2.05) is 18.2 Å². The molecule has 1 aromatic carbocycles. The third-order valence-corrected chi connectivity index (χ3v) is 4.05. The first kappa shape index (κ1) is 15.7. The normalized spacial score (nSPS) is 22.7. The van der Waals surface area contributed by atoms with Crippen molar-refractivity contribution in [2.45, 2.75) is 24.9 Å². The topological polar surface area (TPSA) is 12.5 Å². The summed E-state index contributed by atoms with van der Waals surface area (Å²) >= 11 is 12.1. The van der Waals surface area contributed by atoms with Crippen molar-refractivity contribution in [3.05, 3.63) is 24.3 Å². The predicted octanol–water partition coefficient (Wildman–Crippen LogP) is 3.93. The molecule has 1 aliphatic rings. The zero-order valence-corrected chi connectivity index (χ0v) is 12.6. The number of nitrogens with zero attached hydrogens (tertiary/aromatic N) is 1. The lowest BCUT2D eigenvalue weighted by atomic mass is 10.2. The van der Waals surface area contributed by atoms with Gasteiger partial charge in [-0.25, -0.2) is 0 Å². The number of benzene rings is 1. The standard InChI is InChI=1S/C13H17Cl2NO.ClH/c1-17-13-5-3-2-4-12(13)16-10(8-14)6-7-11(16)9-15;/h2-5,10-11H,6-9H2,1H3;1H/t10-,11+;. The zero-order chi connectivity index (χ0) is 12.3. The number of methoxy groups -OCH3 is 1.